The molecule has 8 nitrogen and oxygen atoms in total. The summed E-state index contributed by atoms with van der Waals surface area (Å²) in [6.45, 7) is 4.27. The van der Waals surface area contributed by atoms with Crippen molar-refractivity contribution in [3.8, 4) is 0 Å². The zero-order valence-electron chi connectivity index (χ0n) is 17.7. The van der Waals surface area contributed by atoms with E-state index in [1.807, 2.05) is 6.92 Å². The molecule has 1 saturated heterocycles. The second-order valence-corrected chi connectivity index (χ2v) is 9.77. The molecule has 1 atom stereocenters. The van der Waals surface area contributed by atoms with Gasteiger partial charge in [0.15, 0.2) is 0 Å². The summed E-state index contributed by atoms with van der Waals surface area (Å²) in [7, 11) is -3.61. The fraction of sp³-hybridized carbons (Fsp3) is 0.409. The van der Waals surface area contributed by atoms with Gasteiger partial charge < -0.3 is 5.32 Å². The Morgan fingerprint density at radius 3 is 2.55 bits per heavy atom. The number of nitrogens with zero attached hydrogens (tertiary/aromatic N) is 2. The van der Waals surface area contributed by atoms with Crippen molar-refractivity contribution in [3.05, 3.63) is 69.3 Å². The number of sulfonamides is 1. The van der Waals surface area contributed by atoms with E-state index in [9.17, 15) is 23.3 Å². The van der Waals surface area contributed by atoms with Crippen LogP contribution in [0.25, 0.3) is 0 Å². The molecule has 0 aromatic heterocycles. The van der Waals surface area contributed by atoms with Gasteiger partial charge in [-0.05, 0) is 51.3 Å². The number of rotatable bonds is 7. The summed E-state index contributed by atoms with van der Waals surface area (Å²) in [6.07, 6.45) is 2.95. The van der Waals surface area contributed by atoms with Gasteiger partial charge in [-0.3, -0.25) is 14.9 Å². The molecule has 1 heterocycles. The number of nitro benzene ring substituents is 1. The molecule has 1 amide bonds. The Balaban J connectivity index is 1.66. The molecule has 0 aliphatic carbocycles. The van der Waals surface area contributed by atoms with Gasteiger partial charge in [0.05, 0.1) is 9.82 Å². The number of nitrogens with one attached hydrogen (secondary N) is 1. The zero-order valence-corrected chi connectivity index (χ0v) is 18.5. The van der Waals surface area contributed by atoms with E-state index in [1.54, 1.807) is 47.6 Å². The lowest BCUT2D eigenvalue weighted by atomic mass is 10.0. The highest BCUT2D eigenvalue weighted by atomic mass is 32.2. The molecule has 0 bridgehead atoms. The van der Waals surface area contributed by atoms with Crippen LogP contribution in [0.2, 0.25) is 0 Å². The number of carbonyl (C=O) groups excluding carboxylic acids is 1. The fourth-order valence-electron chi connectivity index (χ4n) is 3.83. The molecule has 2 aromatic rings. The van der Waals surface area contributed by atoms with E-state index in [0.29, 0.717) is 18.5 Å². The summed E-state index contributed by atoms with van der Waals surface area (Å²) in [6, 6.07) is 11.0. The Morgan fingerprint density at radius 1 is 1.16 bits per heavy atom. The molecule has 0 radical (unpaired) electrons. The molecule has 0 spiro atoms. The van der Waals surface area contributed by atoms with Crippen molar-refractivity contribution in [1.29, 1.82) is 0 Å². The maximum Gasteiger partial charge on any atom is 0.273 e. The molecule has 0 saturated carbocycles. The molecule has 166 valence electrons. The molecule has 1 aliphatic rings. The summed E-state index contributed by atoms with van der Waals surface area (Å²) in [5.41, 5.74) is 1.59. The van der Waals surface area contributed by atoms with Crippen LogP contribution < -0.4 is 5.32 Å². The van der Waals surface area contributed by atoms with Crippen molar-refractivity contribution in [2.75, 3.05) is 13.1 Å². The minimum Gasteiger partial charge on any atom is -0.352 e. The molecular weight excluding hydrogens is 418 g/mol. The summed E-state index contributed by atoms with van der Waals surface area (Å²) in [5, 5.41) is 13.9. The first kappa shape index (κ1) is 22.9. The molecule has 3 rings (SSSR count). The van der Waals surface area contributed by atoms with Crippen LogP contribution in [0.1, 0.15) is 47.2 Å². The highest BCUT2D eigenvalue weighted by molar-refractivity contribution is 7.89. The van der Waals surface area contributed by atoms with Crippen molar-refractivity contribution in [1.82, 2.24) is 9.62 Å². The first-order valence-electron chi connectivity index (χ1n) is 10.3. The largest absolute Gasteiger partial charge is 0.352 e. The Labute approximate surface area is 182 Å². The van der Waals surface area contributed by atoms with Crippen LogP contribution in [0.3, 0.4) is 0 Å². The van der Waals surface area contributed by atoms with Gasteiger partial charge in [-0.25, -0.2) is 8.42 Å². The van der Waals surface area contributed by atoms with E-state index in [0.717, 1.165) is 24.8 Å². The van der Waals surface area contributed by atoms with Crippen LogP contribution in [-0.2, 0) is 10.0 Å². The summed E-state index contributed by atoms with van der Waals surface area (Å²) in [5.74, 6) is -0.410. The van der Waals surface area contributed by atoms with E-state index in [2.05, 4.69) is 5.32 Å². The number of amides is 1. The number of piperidine rings is 1. The third-order valence-electron chi connectivity index (χ3n) is 5.63. The highest BCUT2D eigenvalue weighted by Gasteiger charge is 2.33. The molecule has 1 N–H and O–H groups in total. The smallest absolute Gasteiger partial charge is 0.273 e. The lowest BCUT2D eigenvalue weighted by molar-refractivity contribution is -0.385. The highest BCUT2D eigenvalue weighted by Crippen LogP contribution is 2.27. The molecule has 1 fully saturated rings. The van der Waals surface area contributed by atoms with Gasteiger partial charge in [-0.2, -0.15) is 4.31 Å². The number of nitro groups is 1. The van der Waals surface area contributed by atoms with Crippen molar-refractivity contribution in [2.45, 2.75) is 50.5 Å². The maximum absolute atomic E-state index is 13.1. The average molecular weight is 446 g/mol. The topological polar surface area (TPSA) is 110 Å². The molecule has 31 heavy (non-hydrogen) atoms. The maximum atomic E-state index is 13.1. The second kappa shape index (κ2) is 9.57. The first-order valence-corrected chi connectivity index (χ1v) is 11.8. The first-order chi connectivity index (χ1) is 14.7. The van der Waals surface area contributed by atoms with Gasteiger partial charge in [0.2, 0.25) is 10.0 Å². The average Bonchev–Trinajstić information content (AvgIpc) is 2.74. The van der Waals surface area contributed by atoms with Crippen molar-refractivity contribution >= 4 is 21.6 Å². The summed E-state index contributed by atoms with van der Waals surface area (Å²) >= 11 is 0. The Bertz CT molecular complexity index is 1070. The zero-order chi connectivity index (χ0) is 22.6. The minimum atomic E-state index is -3.61. The number of hydrogen-bond acceptors (Lipinski definition) is 5. The second-order valence-electron chi connectivity index (χ2n) is 7.88. The molecule has 9 heteroatoms. The van der Waals surface area contributed by atoms with Gasteiger partial charge in [0, 0.05) is 36.3 Å². The molecule has 2 aromatic carbocycles. The van der Waals surface area contributed by atoms with E-state index < -0.39 is 20.9 Å². The number of aryl methyl sites for hydroxylation is 2. The standard InChI is InChI=1S/C22H27N3O5S/c1-16-6-10-20(11-7-16)31(29,30)24-14-4-3-5-19(24)12-13-23-22(26)18-9-8-17(2)21(15-18)25(27)28/h6-11,15,19H,3-5,12-14H2,1-2H3,(H,23,26). The monoisotopic (exact) mass is 445 g/mol. The predicted octanol–water partition coefficient (Wildman–Crippen LogP) is 3.57. The van der Waals surface area contributed by atoms with E-state index in [-0.39, 0.29) is 28.7 Å². The summed E-state index contributed by atoms with van der Waals surface area (Å²) < 4.78 is 27.8. The van der Waals surface area contributed by atoms with Gasteiger partial charge in [0.1, 0.15) is 0 Å². The van der Waals surface area contributed by atoms with Gasteiger partial charge in [-0.1, -0.05) is 30.2 Å². The van der Waals surface area contributed by atoms with Crippen LogP contribution in [0, 0.1) is 24.0 Å². The van der Waals surface area contributed by atoms with E-state index in [1.165, 1.54) is 6.07 Å². The lowest BCUT2D eigenvalue weighted by Crippen LogP contribution is -2.45. The molecular formula is C22H27N3O5S. The SMILES string of the molecule is Cc1ccc(S(=O)(=O)N2CCCCC2CCNC(=O)c2ccc(C)c([N+](=O)[O-])c2)cc1. The van der Waals surface area contributed by atoms with Crippen molar-refractivity contribution < 1.29 is 18.1 Å². The number of hydrogen-bond donors (Lipinski definition) is 1. The third kappa shape index (κ3) is 5.29. The quantitative estimate of drug-likeness (QED) is 0.517. The van der Waals surface area contributed by atoms with Gasteiger partial charge in [-0.15, -0.1) is 0 Å². The van der Waals surface area contributed by atoms with Crippen LogP contribution in [0.4, 0.5) is 5.69 Å². The lowest BCUT2D eigenvalue weighted by Gasteiger charge is -2.34. The van der Waals surface area contributed by atoms with E-state index >= 15 is 0 Å². The van der Waals surface area contributed by atoms with E-state index in [4.69, 9.17) is 0 Å². The fourth-order valence-corrected chi connectivity index (χ4v) is 5.55. The predicted molar refractivity (Wildman–Crippen MR) is 117 cm³/mol. The van der Waals surface area contributed by atoms with Gasteiger partial charge in [0.25, 0.3) is 11.6 Å². The van der Waals surface area contributed by atoms with Crippen LogP contribution in [-0.4, -0.2) is 42.7 Å². The Kier molecular flexibility index (Phi) is 7.07. The van der Waals surface area contributed by atoms with Crippen LogP contribution >= 0.6 is 0 Å². The summed E-state index contributed by atoms with van der Waals surface area (Å²) in [4.78, 5) is 23.3. The van der Waals surface area contributed by atoms with Crippen molar-refractivity contribution in [2.24, 2.45) is 0 Å². The third-order valence-corrected chi connectivity index (χ3v) is 7.60. The van der Waals surface area contributed by atoms with Crippen LogP contribution in [0.5, 0.6) is 0 Å². The normalized spacial score (nSPS) is 17.3. The van der Waals surface area contributed by atoms with Gasteiger partial charge >= 0.3 is 0 Å². The van der Waals surface area contributed by atoms with Crippen molar-refractivity contribution in [3.63, 3.8) is 0 Å². The molecule has 1 unspecified atom stereocenters. The number of carbonyl (C=O) groups is 1. The Hall–Kier alpha value is -2.78. The number of benzene rings is 2. The molecule has 1 aliphatic heterocycles. The minimum absolute atomic E-state index is 0.102. The van der Waals surface area contributed by atoms with Crippen LogP contribution in [0.15, 0.2) is 47.4 Å². The Morgan fingerprint density at radius 2 is 1.87 bits per heavy atom.